The minimum Gasteiger partial charge on any atom is -0.461 e. The number of benzene rings is 2. The second-order valence-electron chi connectivity index (χ2n) is 6.49. The van der Waals surface area contributed by atoms with Crippen LogP contribution < -0.4 is 0 Å². The minimum absolute atomic E-state index is 0.0206. The van der Waals surface area contributed by atoms with E-state index in [1.165, 1.54) is 34.6 Å². The van der Waals surface area contributed by atoms with Crippen LogP contribution in [0.1, 0.15) is 18.4 Å². The molecule has 1 heterocycles. The summed E-state index contributed by atoms with van der Waals surface area (Å²) in [6, 6.07) is 10.1. The molecule has 1 aliphatic heterocycles. The number of piperidine rings is 1. The highest BCUT2D eigenvalue weighted by molar-refractivity contribution is 7.89. The Morgan fingerprint density at radius 3 is 2.54 bits per heavy atom. The normalized spacial score (nSPS) is 16.1. The van der Waals surface area contributed by atoms with Gasteiger partial charge in [0.05, 0.1) is 10.9 Å². The largest absolute Gasteiger partial charge is 0.461 e. The Morgan fingerprint density at radius 2 is 1.86 bits per heavy atom. The van der Waals surface area contributed by atoms with Crippen LogP contribution in [0.25, 0.3) is 0 Å². The van der Waals surface area contributed by atoms with Gasteiger partial charge in [-0.2, -0.15) is 4.31 Å². The van der Waals surface area contributed by atoms with Gasteiger partial charge in [0, 0.05) is 18.1 Å². The zero-order chi connectivity index (χ0) is 20.3. The van der Waals surface area contributed by atoms with Crippen LogP contribution >= 0.6 is 23.2 Å². The Kier molecular flexibility index (Phi) is 6.60. The number of carbonyl (C=O) groups is 1. The summed E-state index contributed by atoms with van der Waals surface area (Å²) in [5, 5.41) is 0.375. The number of rotatable bonds is 5. The van der Waals surface area contributed by atoms with Gasteiger partial charge in [-0.15, -0.1) is 0 Å². The van der Waals surface area contributed by atoms with E-state index in [1.54, 1.807) is 12.1 Å². The highest BCUT2D eigenvalue weighted by Gasteiger charge is 2.34. The quantitative estimate of drug-likeness (QED) is 0.644. The number of hydrogen-bond acceptors (Lipinski definition) is 4. The van der Waals surface area contributed by atoms with E-state index >= 15 is 0 Å². The molecule has 0 N–H and O–H groups in total. The van der Waals surface area contributed by atoms with Crippen molar-refractivity contribution < 1.29 is 22.3 Å². The van der Waals surface area contributed by atoms with Crippen molar-refractivity contribution in [1.82, 2.24) is 4.31 Å². The van der Waals surface area contributed by atoms with E-state index in [4.69, 9.17) is 27.9 Å². The highest BCUT2D eigenvalue weighted by Crippen LogP contribution is 2.30. The average molecular weight is 446 g/mol. The monoisotopic (exact) mass is 445 g/mol. The van der Waals surface area contributed by atoms with E-state index in [9.17, 15) is 17.6 Å². The summed E-state index contributed by atoms with van der Waals surface area (Å²) in [7, 11) is -3.80. The van der Waals surface area contributed by atoms with Crippen LogP contribution in [0, 0.1) is 11.7 Å². The molecule has 0 aliphatic carbocycles. The summed E-state index contributed by atoms with van der Waals surface area (Å²) in [5.41, 5.74) is 0.559. The molecule has 9 heteroatoms. The Morgan fingerprint density at radius 1 is 1.14 bits per heavy atom. The maximum Gasteiger partial charge on any atom is 0.309 e. The third-order valence-corrected chi connectivity index (χ3v) is 7.18. The van der Waals surface area contributed by atoms with Gasteiger partial charge in [-0.3, -0.25) is 4.79 Å². The molecule has 1 aliphatic rings. The molecule has 0 spiro atoms. The van der Waals surface area contributed by atoms with Crippen molar-refractivity contribution in [2.45, 2.75) is 24.3 Å². The molecule has 0 atom stereocenters. The first-order valence-corrected chi connectivity index (χ1v) is 10.8. The second kappa shape index (κ2) is 8.78. The molecule has 150 valence electrons. The third-order valence-electron chi connectivity index (χ3n) is 4.57. The van der Waals surface area contributed by atoms with Gasteiger partial charge in [-0.1, -0.05) is 35.3 Å². The number of nitrogens with zero attached hydrogens (tertiary/aromatic N) is 1. The van der Waals surface area contributed by atoms with Crippen molar-refractivity contribution in [3.8, 4) is 0 Å². The molecule has 0 bridgehead atoms. The predicted molar refractivity (Wildman–Crippen MR) is 104 cm³/mol. The summed E-state index contributed by atoms with van der Waals surface area (Å²) >= 11 is 11.9. The molecule has 1 saturated heterocycles. The lowest BCUT2D eigenvalue weighted by molar-refractivity contribution is -0.151. The molecule has 2 aromatic rings. The van der Waals surface area contributed by atoms with Crippen LogP contribution in [0.3, 0.4) is 0 Å². The van der Waals surface area contributed by atoms with Crippen LogP contribution in [0.2, 0.25) is 10.0 Å². The summed E-state index contributed by atoms with van der Waals surface area (Å²) < 4.78 is 45.3. The first kappa shape index (κ1) is 21.0. The number of sulfonamides is 1. The first-order chi connectivity index (χ1) is 13.3. The molecule has 3 rings (SSSR count). The van der Waals surface area contributed by atoms with Gasteiger partial charge >= 0.3 is 5.97 Å². The van der Waals surface area contributed by atoms with Gasteiger partial charge in [0.1, 0.15) is 17.3 Å². The Balaban J connectivity index is 1.59. The smallest absolute Gasteiger partial charge is 0.309 e. The fourth-order valence-corrected chi connectivity index (χ4v) is 5.25. The SMILES string of the molecule is O=C(OCc1cccc(F)c1)C1CCN(S(=O)(=O)c2cc(Cl)ccc2Cl)CC1. The molecule has 5 nitrogen and oxygen atoms in total. The summed E-state index contributed by atoms with van der Waals surface area (Å²) in [6.07, 6.45) is 0.665. The molecule has 0 unspecified atom stereocenters. The van der Waals surface area contributed by atoms with Crippen LogP contribution in [-0.4, -0.2) is 31.8 Å². The number of ether oxygens (including phenoxy) is 1. The van der Waals surface area contributed by atoms with Crippen LogP contribution in [0.15, 0.2) is 47.4 Å². The standard InChI is InChI=1S/C19H18Cl2FNO4S/c20-15-4-5-17(21)18(11-15)28(25,26)23-8-6-14(7-9-23)19(24)27-12-13-2-1-3-16(22)10-13/h1-5,10-11,14H,6-9,12H2. The van der Waals surface area contributed by atoms with Crippen molar-refractivity contribution in [3.63, 3.8) is 0 Å². The molecular formula is C19H18Cl2FNO4S. The van der Waals surface area contributed by atoms with Gasteiger partial charge in [0.25, 0.3) is 0 Å². The van der Waals surface area contributed by atoms with Gasteiger partial charge in [-0.05, 0) is 48.7 Å². The van der Waals surface area contributed by atoms with Crippen molar-refractivity contribution in [1.29, 1.82) is 0 Å². The zero-order valence-electron chi connectivity index (χ0n) is 14.8. The maximum atomic E-state index is 13.2. The van der Waals surface area contributed by atoms with Crippen molar-refractivity contribution >= 4 is 39.2 Å². The topological polar surface area (TPSA) is 63.7 Å². The van der Waals surface area contributed by atoms with Crippen LogP contribution in [0.4, 0.5) is 4.39 Å². The highest BCUT2D eigenvalue weighted by atomic mass is 35.5. The van der Waals surface area contributed by atoms with E-state index < -0.39 is 27.7 Å². The lowest BCUT2D eigenvalue weighted by Crippen LogP contribution is -2.40. The van der Waals surface area contributed by atoms with Crippen LogP contribution in [-0.2, 0) is 26.2 Å². The van der Waals surface area contributed by atoms with Crippen molar-refractivity contribution in [2.24, 2.45) is 5.92 Å². The van der Waals surface area contributed by atoms with Gasteiger partial charge in [0.15, 0.2) is 0 Å². The lowest BCUT2D eigenvalue weighted by Gasteiger charge is -2.30. The van der Waals surface area contributed by atoms with Gasteiger partial charge in [-0.25, -0.2) is 12.8 Å². The van der Waals surface area contributed by atoms with Crippen molar-refractivity contribution in [2.75, 3.05) is 13.1 Å². The van der Waals surface area contributed by atoms with E-state index in [-0.39, 0.29) is 34.6 Å². The lowest BCUT2D eigenvalue weighted by atomic mass is 9.98. The van der Waals surface area contributed by atoms with Gasteiger partial charge < -0.3 is 4.74 Å². The second-order valence-corrected chi connectivity index (χ2v) is 9.24. The Labute approximate surface area is 173 Å². The average Bonchev–Trinajstić information content (AvgIpc) is 2.68. The fraction of sp³-hybridized carbons (Fsp3) is 0.316. The van der Waals surface area contributed by atoms with Crippen LogP contribution in [0.5, 0.6) is 0 Å². The van der Waals surface area contributed by atoms with Gasteiger partial charge in [0.2, 0.25) is 10.0 Å². The van der Waals surface area contributed by atoms with Crippen molar-refractivity contribution in [3.05, 3.63) is 63.9 Å². The summed E-state index contributed by atoms with van der Waals surface area (Å²) in [6.45, 7) is 0.322. The molecule has 1 fully saturated rings. The third kappa shape index (κ3) is 4.84. The molecule has 0 saturated carbocycles. The first-order valence-electron chi connectivity index (χ1n) is 8.63. The molecule has 0 amide bonds. The minimum atomic E-state index is -3.80. The molecule has 0 radical (unpaired) electrons. The fourth-order valence-electron chi connectivity index (χ4n) is 3.04. The van der Waals surface area contributed by atoms with E-state index in [2.05, 4.69) is 0 Å². The zero-order valence-corrected chi connectivity index (χ0v) is 17.1. The molecule has 0 aromatic heterocycles. The number of carbonyl (C=O) groups excluding carboxylic acids is 1. The summed E-state index contributed by atoms with van der Waals surface area (Å²) in [4.78, 5) is 12.2. The summed E-state index contributed by atoms with van der Waals surface area (Å²) in [5.74, 6) is -1.22. The Bertz CT molecular complexity index is 976. The predicted octanol–water partition coefficient (Wildman–Crippen LogP) is 4.28. The maximum absolute atomic E-state index is 13.2. The molecule has 28 heavy (non-hydrogen) atoms. The van der Waals surface area contributed by atoms with E-state index in [0.717, 1.165) is 0 Å². The van der Waals surface area contributed by atoms with E-state index in [1.807, 2.05) is 0 Å². The number of halogens is 3. The Hall–Kier alpha value is -1.67. The number of hydrogen-bond donors (Lipinski definition) is 0. The molecular weight excluding hydrogens is 428 g/mol. The number of esters is 1. The van der Waals surface area contributed by atoms with E-state index in [0.29, 0.717) is 18.4 Å². The molecule has 2 aromatic carbocycles.